The first-order valence-electron chi connectivity index (χ1n) is 15.5. The van der Waals surface area contributed by atoms with Crippen LogP contribution < -0.4 is 18.9 Å². The SMILES string of the molecule is CCc1nc(C=Cc2cn(-c3ccccc3)nc2OCc2ccc(OCc3nc(-c4cccc(C5=NOSN5)c4)oc3C)c(OC)c2)cs1. The number of aryl methyl sites for hydroxylation is 2. The highest BCUT2D eigenvalue weighted by molar-refractivity contribution is 7.93. The molecule has 0 fully saturated rings. The zero-order valence-electron chi connectivity index (χ0n) is 27.0. The Morgan fingerprint density at radius 3 is 2.59 bits per heavy atom. The monoisotopic (exact) mass is 692 g/mol. The maximum absolute atomic E-state index is 6.27. The van der Waals surface area contributed by atoms with Gasteiger partial charge in [-0.3, -0.25) is 9.01 Å². The van der Waals surface area contributed by atoms with Gasteiger partial charge in [-0.25, -0.2) is 14.6 Å². The molecule has 0 atom stereocenters. The van der Waals surface area contributed by atoms with E-state index >= 15 is 0 Å². The molecule has 0 saturated carbocycles. The van der Waals surface area contributed by atoms with Crippen LogP contribution in [0.2, 0.25) is 0 Å². The van der Waals surface area contributed by atoms with Crippen LogP contribution in [0.4, 0.5) is 0 Å². The quantitative estimate of drug-likeness (QED) is 0.0941. The number of thiazole rings is 1. The summed E-state index contributed by atoms with van der Waals surface area (Å²) in [5.41, 5.74) is 5.95. The van der Waals surface area contributed by atoms with Crippen molar-refractivity contribution in [3.05, 3.63) is 123 Å². The standard InChI is InChI=1S/C36H32N6O5S2/c1-4-33-37-28(22-48-33)15-14-27-19-42(29-11-6-5-7-12-29)39-36(27)45-20-24-13-16-31(32(17-24)43-3)44-21-30-23(2)46-35(38-30)26-10-8-9-25(18-26)34-40-47-49-41-34/h5-19,22H,4,20-21H2,1-3H3,(H,40,41). The first kappa shape index (κ1) is 32.0. The molecule has 0 saturated heterocycles. The molecule has 3 aromatic heterocycles. The van der Waals surface area contributed by atoms with E-state index in [1.807, 2.05) is 103 Å². The predicted molar refractivity (Wildman–Crippen MR) is 191 cm³/mol. The van der Waals surface area contributed by atoms with E-state index in [9.17, 15) is 0 Å². The lowest BCUT2D eigenvalue weighted by molar-refractivity contribution is 0.275. The molecule has 11 nitrogen and oxygen atoms in total. The molecule has 0 amide bonds. The summed E-state index contributed by atoms with van der Waals surface area (Å²) >= 11 is 2.72. The maximum Gasteiger partial charge on any atom is 0.240 e. The Labute approximate surface area is 291 Å². The Kier molecular flexibility index (Phi) is 9.62. The van der Waals surface area contributed by atoms with Crippen molar-refractivity contribution >= 4 is 41.6 Å². The average molecular weight is 693 g/mol. The average Bonchev–Trinajstić information content (AvgIpc) is 3.97. The van der Waals surface area contributed by atoms with Gasteiger partial charge in [-0.1, -0.05) is 43.3 Å². The van der Waals surface area contributed by atoms with Gasteiger partial charge in [0.05, 0.1) is 29.1 Å². The molecule has 0 radical (unpaired) electrons. The minimum absolute atomic E-state index is 0.200. The molecule has 1 aliphatic rings. The van der Waals surface area contributed by atoms with Crippen LogP contribution in [0.25, 0.3) is 29.3 Å². The third kappa shape index (κ3) is 7.47. The number of methoxy groups -OCH3 is 1. The second-order valence-corrected chi connectivity index (χ2v) is 12.4. The number of para-hydroxylation sites is 1. The van der Waals surface area contributed by atoms with E-state index in [4.69, 9.17) is 33.0 Å². The third-order valence-corrected chi connectivity index (χ3v) is 9.02. The van der Waals surface area contributed by atoms with E-state index in [1.54, 1.807) is 18.4 Å². The van der Waals surface area contributed by atoms with Crippen LogP contribution in [0.3, 0.4) is 0 Å². The maximum atomic E-state index is 6.27. The first-order valence-corrected chi connectivity index (χ1v) is 17.1. The van der Waals surface area contributed by atoms with Crippen molar-refractivity contribution in [2.75, 3.05) is 7.11 Å². The lowest BCUT2D eigenvalue weighted by atomic mass is 10.1. The fourth-order valence-corrected chi connectivity index (χ4v) is 6.09. The van der Waals surface area contributed by atoms with E-state index in [2.05, 4.69) is 27.2 Å². The summed E-state index contributed by atoms with van der Waals surface area (Å²) in [6, 6.07) is 23.4. The molecule has 1 N–H and O–H groups in total. The summed E-state index contributed by atoms with van der Waals surface area (Å²) < 4.78 is 33.9. The number of ether oxygens (including phenoxy) is 3. The largest absolute Gasteiger partial charge is 0.493 e. The van der Waals surface area contributed by atoms with Gasteiger partial charge in [0, 0.05) is 22.7 Å². The molecule has 248 valence electrons. The number of benzene rings is 3. The van der Waals surface area contributed by atoms with Gasteiger partial charge >= 0.3 is 0 Å². The topological polar surface area (TPSA) is 118 Å². The molecule has 6 aromatic rings. The number of hydrogen-bond acceptors (Lipinski definition) is 12. The Morgan fingerprint density at radius 1 is 0.918 bits per heavy atom. The summed E-state index contributed by atoms with van der Waals surface area (Å²) in [6.45, 7) is 4.44. The number of rotatable bonds is 13. The molecule has 0 unspecified atom stereocenters. The molecule has 0 aliphatic carbocycles. The van der Waals surface area contributed by atoms with E-state index < -0.39 is 0 Å². The fraction of sp³-hybridized carbons (Fsp3) is 0.167. The number of nitrogens with zero attached hydrogens (tertiary/aromatic N) is 5. The van der Waals surface area contributed by atoms with Gasteiger partial charge in [-0.15, -0.1) is 16.4 Å². The molecular weight excluding hydrogens is 661 g/mol. The minimum atomic E-state index is 0.200. The van der Waals surface area contributed by atoms with Crippen LogP contribution in [0.15, 0.2) is 93.9 Å². The normalized spacial score (nSPS) is 12.5. The van der Waals surface area contributed by atoms with Gasteiger partial charge in [-0.2, -0.15) is 0 Å². The van der Waals surface area contributed by atoms with E-state index in [-0.39, 0.29) is 13.2 Å². The second-order valence-electron chi connectivity index (χ2n) is 10.9. The van der Waals surface area contributed by atoms with Crippen LogP contribution in [-0.2, 0) is 23.9 Å². The Balaban J connectivity index is 1.04. The van der Waals surface area contributed by atoms with Crippen LogP contribution in [0.5, 0.6) is 17.4 Å². The van der Waals surface area contributed by atoms with Crippen molar-refractivity contribution in [1.29, 1.82) is 0 Å². The van der Waals surface area contributed by atoms with Gasteiger partial charge in [0.2, 0.25) is 24.0 Å². The highest BCUT2D eigenvalue weighted by Gasteiger charge is 2.17. The van der Waals surface area contributed by atoms with Gasteiger partial charge in [0.1, 0.15) is 24.7 Å². The number of oxime groups is 1. The van der Waals surface area contributed by atoms with Gasteiger partial charge in [-0.05, 0) is 72.6 Å². The van der Waals surface area contributed by atoms with Crippen LogP contribution in [-0.4, -0.2) is 32.7 Å². The first-order chi connectivity index (χ1) is 24.1. The van der Waals surface area contributed by atoms with Crippen LogP contribution >= 0.6 is 23.6 Å². The van der Waals surface area contributed by atoms with Gasteiger partial charge in [0.15, 0.2) is 17.3 Å². The smallest absolute Gasteiger partial charge is 0.240 e. The second kappa shape index (κ2) is 14.7. The van der Waals surface area contributed by atoms with Crippen LogP contribution in [0, 0.1) is 6.92 Å². The van der Waals surface area contributed by atoms with Crippen molar-refractivity contribution in [2.45, 2.75) is 33.5 Å². The van der Waals surface area contributed by atoms with E-state index in [1.165, 1.54) is 0 Å². The molecule has 13 heteroatoms. The molecule has 3 aromatic carbocycles. The summed E-state index contributed by atoms with van der Waals surface area (Å²) in [5, 5.41) is 11.9. The summed E-state index contributed by atoms with van der Waals surface area (Å²) in [5.74, 6) is 3.45. The lowest BCUT2D eigenvalue weighted by Gasteiger charge is -2.12. The molecular formula is C36H32N6O5S2. The zero-order chi connectivity index (χ0) is 33.6. The Bertz CT molecular complexity index is 2120. The highest BCUT2D eigenvalue weighted by Crippen LogP contribution is 2.31. The highest BCUT2D eigenvalue weighted by atomic mass is 32.2. The van der Waals surface area contributed by atoms with Crippen molar-refractivity contribution in [3.8, 4) is 34.5 Å². The molecule has 49 heavy (non-hydrogen) atoms. The minimum Gasteiger partial charge on any atom is -0.493 e. The van der Waals surface area contributed by atoms with Gasteiger partial charge in [0.25, 0.3) is 0 Å². The Hall–Kier alpha value is -5.53. The Morgan fingerprint density at radius 2 is 1.80 bits per heavy atom. The number of hydrogen-bond donors (Lipinski definition) is 1. The van der Waals surface area contributed by atoms with Crippen LogP contribution in [0.1, 0.15) is 45.8 Å². The summed E-state index contributed by atoms with van der Waals surface area (Å²) in [6.07, 6.45) is 6.83. The molecule has 0 bridgehead atoms. The van der Waals surface area contributed by atoms with Crippen molar-refractivity contribution < 1.29 is 22.9 Å². The summed E-state index contributed by atoms with van der Waals surface area (Å²) in [4.78, 5) is 9.35. The van der Waals surface area contributed by atoms with Crippen molar-refractivity contribution in [1.82, 2.24) is 24.5 Å². The van der Waals surface area contributed by atoms with Gasteiger partial charge < -0.3 is 18.6 Å². The van der Waals surface area contributed by atoms with E-state index in [0.29, 0.717) is 40.6 Å². The molecule has 7 rings (SSSR count). The number of amidine groups is 1. The lowest BCUT2D eigenvalue weighted by Crippen LogP contribution is -2.12. The zero-order valence-corrected chi connectivity index (χ0v) is 28.6. The third-order valence-electron chi connectivity index (χ3n) is 7.58. The summed E-state index contributed by atoms with van der Waals surface area (Å²) in [7, 11) is 1.61. The predicted octanol–water partition coefficient (Wildman–Crippen LogP) is 8.04. The number of oxazole rings is 1. The van der Waals surface area contributed by atoms with E-state index in [0.717, 1.165) is 57.3 Å². The number of aromatic nitrogens is 4. The number of nitrogens with one attached hydrogen (secondary N) is 1. The van der Waals surface area contributed by atoms with Crippen molar-refractivity contribution in [3.63, 3.8) is 0 Å². The van der Waals surface area contributed by atoms with Crippen molar-refractivity contribution in [2.24, 2.45) is 5.16 Å². The molecule has 0 spiro atoms. The fourth-order valence-electron chi connectivity index (χ4n) is 5.00. The molecule has 4 heterocycles. The molecule has 1 aliphatic heterocycles.